The number of halogens is 2. The Morgan fingerprint density at radius 3 is 2.73 bits per heavy atom. The van der Waals surface area contributed by atoms with Gasteiger partial charge in [-0.2, -0.15) is 0 Å². The van der Waals surface area contributed by atoms with E-state index >= 15 is 0 Å². The minimum absolute atomic E-state index is 0.00456. The number of carbonyl (C=O) groups is 1. The Balaban J connectivity index is 2.77. The number of carbonyl (C=O) groups excluding carboxylic acids is 1. The lowest BCUT2D eigenvalue weighted by molar-refractivity contribution is 0.0974. The molecule has 0 fully saturated rings. The smallest absolute Gasteiger partial charge is 0.164 e. The van der Waals surface area contributed by atoms with Gasteiger partial charge in [-0.05, 0) is 30.5 Å². The van der Waals surface area contributed by atoms with Crippen LogP contribution in [0, 0.1) is 11.7 Å². The van der Waals surface area contributed by atoms with E-state index in [-0.39, 0.29) is 11.6 Å². The van der Waals surface area contributed by atoms with Gasteiger partial charge in [0.15, 0.2) is 5.78 Å². The highest BCUT2D eigenvalue weighted by molar-refractivity contribution is 9.10. The summed E-state index contributed by atoms with van der Waals surface area (Å²) in [4.78, 5) is 11.7. The van der Waals surface area contributed by atoms with Gasteiger partial charge in [-0.1, -0.05) is 29.8 Å². The molecule has 15 heavy (non-hydrogen) atoms. The van der Waals surface area contributed by atoms with Gasteiger partial charge < -0.3 is 0 Å². The molecular weight excluding hydrogens is 259 g/mol. The first-order valence-corrected chi connectivity index (χ1v) is 5.78. The Labute approximate surface area is 97.8 Å². The van der Waals surface area contributed by atoms with E-state index in [1.54, 1.807) is 6.07 Å². The fourth-order valence-corrected chi connectivity index (χ4v) is 1.73. The van der Waals surface area contributed by atoms with Crippen LogP contribution >= 0.6 is 15.9 Å². The SMILES string of the molecule is CC(C)CCC(=O)c1cc(F)ccc1Br. The minimum Gasteiger partial charge on any atom is -0.294 e. The fraction of sp³-hybridized carbons (Fsp3) is 0.417. The summed E-state index contributed by atoms with van der Waals surface area (Å²) in [5.41, 5.74) is 0.440. The van der Waals surface area contributed by atoms with Crippen LogP contribution in [-0.4, -0.2) is 5.78 Å². The molecule has 0 aromatic heterocycles. The number of hydrogen-bond donors (Lipinski definition) is 0. The second-order valence-electron chi connectivity index (χ2n) is 3.98. The van der Waals surface area contributed by atoms with Crippen LogP contribution in [0.15, 0.2) is 22.7 Å². The summed E-state index contributed by atoms with van der Waals surface area (Å²) in [5.74, 6) is 0.113. The highest BCUT2D eigenvalue weighted by Gasteiger charge is 2.11. The Morgan fingerprint density at radius 2 is 2.13 bits per heavy atom. The van der Waals surface area contributed by atoms with Gasteiger partial charge in [0.05, 0.1) is 0 Å². The second kappa shape index (κ2) is 5.40. The molecule has 0 radical (unpaired) electrons. The summed E-state index contributed by atoms with van der Waals surface area (Å²) in [7, 11) is 0. The highest BCUT2D eigenvalue weighted by atomic mass is 79.9. The topological polar surface area (TPSA) is 17.1 Å². The van der Waals surface area contributed by atoms with Gasteiger partial charge in [0.2, 0.25) is 0 Å². The summed E-state index contributed by atoms with van der Waals surface area (Å²) in [5, 5.41) is 0. The zero-order chi connectivity index (χ0) is 11.4. The van der Waals surface area contributed by atoms with Gasteiger partial charge in [0.1, 0.15) is 5.82 Å². The van der Waals surface area contributed by atoms with Crippen molar-refractivity contribution in [1.29, 1.82) is 0 Å². The largest absolute Gasteiger partial charge is 0.294 e. The third-order valence-corrected chi connectivity index (χ3v) is 2.87. The maximum Gasteiger partial charge on any atom is 0.164 e. The lowest BCUT2D eigenvalue weighted by Crippen LogP contribution is -2.02. The van der Waals surface area contributed by atoms with Crippen LogP contribution in [-0.2, 0) is 0 Å². The summed E-state index contributed by atoms with van der Waals surface area (Å²) in [6.07, 6.45) is 1.31. The van der Waals surface area contributed by atoms with E-state index in [9.17, 15) is 9.18 Å². The molecular formula is C12H14BrFO. The zero-order valence-electron chi connectivity index (χ0n) is 8.89. The van der Waals surface area contributed by atoms with E-state index in [1.165, 1.54) is 12.1 Å². The van der Waals surface area contributed by atoms with E-state index in [2.05, 4.69) is 29.8 Å². The van der Waals surface area contributed by atoms with Crippen LogP contribution < -0.4 is 0 Å². The Morgan fingerprint density at radius 1 is 1.47 bits per heavy atom. The molecule has 0 heterocycles. The quantitative estimate of drug-likeness (QED) is 0.751. The second-order valence-corrected chi connectivity index (χ2v) is 4.83. The van der Waals surface area contributed by atoms with Crippen molar-refractivity contribution in [1.82, 2.24) is 0 Å². The zero-order valence-corrected chi connectivity index (χ0v) is 10.5. The monoisotopic (exact) mass is 272 g/mol. The Kier molecular flexibility index (Phi) is 4.45. The highest BCUT2D eigenvalue weighted by Crippen LogP contribution is 2.20. The average molecular weight is 273 g/mol. The first-order chi connectivity index (χ1) is 7.00. The van der Waals surface area contributed by atoms with Crippen molar-refractivity contribution < 1.29 is 9.18 Å². The van der Waals surface area contributed by atoms with Crippen LogP contribution in [0.1, 0.15) is 37.0 Å². The van der Waals surface area contributed by atoms with E-state index < -0.39 is 0 Å². The van der Waals surface area contributed by atoms with Crippen LogP contribution in [0.4, 0.5) is 4.39 Å². The first-order valence-electron chi connectivity index (χ1n) is 4.99. The number of benzene rings is 1. The summed E-state index contributed by atoms with van der Waals surface area (Å²) >= 11 is 3.25. The number of ketones is 1. The lowest BCUT2D eigenvalue weighted by atomic mass is 10.0. The molecule has 1 aromatic rings. The van der Waals surface area contributed by atoms with Gasteiger partial charge >= 0.3 is 0 Å². The van der Waals surface area contributed by atoms with E-state index in [0.29, 0.717) is 22.4 Å². The van der Waals surface area contributed by atoms with Crippen molar-refractivity contribution in [2.75, 3.05) is 0 Å². The molecule has 0 aliphatic rings. The van der Waals surface area contributed by atoms with Gasteiger partial charge in [0.25, 0.3) is 0 Å². The molecule has 3 heteroatoms. The van der Waals surface area contributed by atoms with Gasteiger partial charge in [-0.3, -0.25) is 4.79 Å². The van der Waals surface area contributed by atoms with Crippen LogP contribution in [0.25, 0.3) is 0 Å². The standard InChI is InChI=1S/C12H14BrFO/c1-8(2)3-6-12(15)10-7-9(14)4-5-11(10)13/h4-5,7-8H,3,6H2,1-2H3. The van der Waals surface area contributed by atoms with Gasteiger partial charge in [0, 0.05) is 16.5 Å². The fourth-order valence-electron chi connectivity index (χ4n) is 1.27. The van der Waals surface area contributed by atoms with E-state index in [1.807, 2.05) is 0 Å². The molecule has 82 valence electrons. The maximum absolute atomic E-state index is 12.9. The number of Topliss-reactive ketones (excluding diaryl/α,β-unsaturated/α-hetero) is 1. The van der Waals surface area contributed by atoms with Crippen LogP contribution in [0.5, 0.6) is 0 Å². The molecule has 0 aliphatic heterocycles. The molecule has 0 saturated heterocycles. The molecule has 0 saturated carbocycles. The molecule has 0 atom stereocenters. The molecule has 0 bridgehead atoms. The molecule has 1 aromatic carbocycles. The van der Waals surface area contributed by atoms with Crippen molar-refractivity contribution in [2.45, 2.75) is 26.7 Å². The molecule has 0 unspecified atom stereocenters. The molecule has 0 aliphatic carbocycles. The summed E-state index contributed by atoms with van der Waals surface area (Å²) in [6, 6.07) is 4.19. The third kappa shape index (κ3) is 3.74. The predicted octanol–water partition coefficient (Wildman–Crippen LogP) is 4.21. The molecule has 1 nitrogen and oxygen atoms in total. The van der Waals surface area contributed by atoms with E-state index in [4.69, 9.17) is 0 Å². The summed E-state index contributed by atoms with van der Waals surface area (Å²) < 4.78 is 13.6. The van der Waals surface area contributed by atoms with Crippen molar-refractivity contribution in [2.24, 2.45) is 5.92 Å². The Bertz CT molecular complexity index is 361. The Hall–Kier alpha value is -0.700. The first kappa shape index (κ1) is 12.4. The van der Waals surface area contributed by atoms with E-state index in [0.717, 1.165) is 6.42 Å². The maximum atomic E-state index is 12.9. The minimum atomic E-state index is -0.369. The van der Waals surface area contributed by atoms with Crippen LogP contribution in [0.3, 0.4) is 0 Å². The molecule has 0 amide bonds. The van der Waals surface area contributed by atoms with Gasteiger partial charge in [-0.15, -0.1) is 0 Å². The van der Waals surface area contributed by atoms with Crippen LogP contribution in [0.2, 0.25) is 0 Å². The molecule has 0 N–H and O–H groups in total. The predicted molar refractivity (Wildman–Crippen MR) is 62.5 cm³/mol. The number of rotatable bonds is 4. The van der Waals surface area contributed by atoms with Crippen molar-refractivity contribution in [3.05, 3.63) is 34.1 Å². The molecule has 0 spiro atoms. The van der Waals surface area contributed by atoms with Crippen molar-refractivity contribution in [3.63, 3.8) is 0 Å². The van der Waals surface area contributed by atoms with Crippen molar-refractivity contribution in [3.8, 4) is 0 Å². The normalized spacial score (nSPS) is 10.7. The summed E-state index contributed by atoms with van der Waals surface area (Å²) in [6.45, 7) is 4.13. The third-order valence-electron chi connectivity index (χ3n) is 2.18. The lowest BCUT2D eigenvalue weighted by Gasteiger charge is -2.05. The van der Waals surface area contributed by atoms with Gasteiger partial charge in [-0.25, -0.2) is 4.39 Å². The average Bonchev–Trinajstić information content (AvgIpc) is 2.18. The number of hydrogen-bond acceptors (Lipinski definition) is 1. The molecule has 1 rings (SSSR count). The van der Waals surface area contributed by atoms with Crippen molar-refractivity contribution >= 4 is 21.7 Å².